The fraction of sp³-hybridized carbons (Fsp3) is 0.438. The highest BCUT2D eigenvalue weighted by Crippen LogP contribution is 2.19. The number of methoxy groups -OCH3 is 1. The van der Waals surface area contributed by atoms with Crippen LogP contribution in [0.15, 0.2) is 29.3 Å². The number of likely N-dealkylation sites (tertiary alicyclic amines) is 1. The summed E-state index contributed by atoms with van der Waals surface area (Å²) in [5.74, 6) is 0.698. The number of ether oxygens (including phenoxy) is 1. The molecule has 0 radical (unpaired) electrons. The molecule has 6 nitrogen and oxygen atoms in total. The van der Waals surface area contributed by atoms with Crippen molar-refractivity contribution in [3.63, 3.8) is 0 Å². The van der Waals surface area contributed by atoms with Crippen molar-refractivity contribution in [2.24, 2.45) is 0 Å². The van der Waals surface area contributed by atoms with Crippen molar-refractivity contribution < 1.29 is 9.53 Å². The number of rotatable bonds is 4. The molecule has 0 spiro atoms. The molecule has 1 fully saturated rings. The standard InChI is InChI=1S/C16H19N3O3/c1-22-13-6-4-5-12-15(13)16(21)19(11-17-12)10-9-18-8-3-2-7-14(18)20/h4-6,11H,2-3,7-10H2,1H3. The fourth-order valence-electron chi connectivity index (χ4n) is 2.83. The number of carbonyl (C=O) groups excluding carboxylic acids is 1. The van der Waals surface area contributed by atoms with Crippen LogP contribution in [0.4, 0.5) is 0 Å². The summed E-state index contributed by atoms with van der Waals surface area (Å²) >= 11 is 0. The van der Waals surface area contributed by atoms with E-state index in [0.29, 0.717) is 36.2 Å². The minimum Gasteiger partial charge on any atom is -0.496 e. The Bertz CT molecular complexity index is 754. The van der Waals surface area contributed by atoms with Crippen LogP contribution in [-0.4, -0.2) is 40.6 Å². The Labute approximate surface area is 128 Å². The van der Waals surface area contributed by atoms with Crippen molar-refractivity contribution in [1.82, 2.24) is 14.5 Å². The quantitative estimate of drug-likeness (QED) is 0.856. The van der Waals surface area contributed by atoms with Gasteiger partial charge >= 0.3 is 0 Å². The third kappa shape index (κ3) is 2.68. The molecular weight excluding hydrogens is 282 g/mol. The van der Waals surface area contributed by atoms with Gasteiger partial charge < -0.3 is 9.64 Å². The molecular formula is C16H19N3O3. The summed E-state index contributed by atoms with van der Waals surface area (Å²) < 4.78 is 6.81. The number of nitrogens with zero attached hydrogens (tertiary/aromatic N) is 3. The highest BCUT2D eigenvalue weighted by molar-refractivity contribution is 5.84. The summed E-state index contributed by atoms with van der Waals surface area (Å²) in [5, 5.41) is 0.484. The first-order chi connectivity index (χ1) is 10.7. The predicted octanol–water partition coefficient (Wildman–Crippen LogP) is 1.42. The molecule has 0 atom stereocenters. The number of hydrogen-bond acceptors (Lipinski definition) is 4. The third-order valence-corrected chi connectivity index (χ3v) is 4.07. The summed E-state index contributed by atoms with van der Waals surface area (Å²) in [6.45, 7) is 1.77. The van der Waals surface area contributed by atoms with Crippen LogP contribution < -0.4 is 10.3 Å². The number of hydrogen-bond donors (Lipinski definition) is 0. The van der Waals surface area contributed by atoms with E-state index in [-0.39, 0.29) is 11.5 Å². The number of fused-ring (bicyclic) bond motifs is 1. The van der Waals surface area contributed by atoms with E-state index < -0.39 is 0 Å². The van der Waals surface area contributed by atoms with Gasteiger partial charge in [-0.2, -0.15) is 0 Å². The lowest BCUT2D eigenvalue weighted by atomic mass is 10.1. The molecule has 2 heterocycles. The molecule has 22 heavy (non-hydrogen) atoms. The SMILES string of the molecule is COc1cccc2ncn(CCN3CCCCC3=O)c(=O)c12. The average molecular weight is 301 g/mol. The minimum atomic E-state index is -0.132. The Kier molecular flexibility index (Phi) is 4.09. The molecule has 116 valence electrons. The third-order valence-electron chi connectivity index (χ3n) is 4.07. The first-order valence-corrected chi connectivity index (χ1v) is 7.50. The van der Waals surface area contributed by atoms with E-state index >= 15 is 0 Å². The van der Waals surface area contributed by atoms with E-state index in [0.717, 1.165) is 19.4 Å². The average Bonchev–Trinajstić information content (AvgIpc) is 2.55. The molecule has 0 unspecified atom stereocenters. The van der Waals surface area contributed by atoms with Gasteiger partial charge in [-0.1, -0.05) is 6.07 Å². The molecule has 0 aliphatic carbocycles. The van der Waals surface area contributed by atoms with Crippen molar-refractivity contribution >= 4 is 16.8 Å². The predicted molar refractivity (Wildman–Crippen MR) is 83.0 cm³/mol. The zero-order valence-electron chi connectivity index (χ0n) is 12.6. The van der Waals surface area contributed by atoms with Gasteiger partial charge in [0.15, 0.2) is 0 Å². The molecule has 0 N–H and O–H groups in total. The van der Waals surface area contributed by atoms with Gasteiger partial charge in [0.25, 0.3) is 5.56 Å². The van der Waals surface area contributed by atoms with Crippen molar-refractivity contribution in [3.8, 4) is 5.75 Å². The number of aromatic nitrogens is 2. The summed E-state index contributed by atoms with van der Waals surface area (Å²) in [4.78, 5) is 30.6. The van der Waals surface area contributed by atoms with Gasteiger partial charge in [0.1, 0.15) is 11.1 Å². The number of piperidine rings is 1. The number of benzene rings is 1. The van der Waals surface area contributed by atoms with Crippen molar-refractivity contribution in [1.29, 1.82) is 0 Å². The van der Waals surface area contributed by atoms with E-state index in [4.69, 9.17) is 4.74 Å². The van der Waals surface area contributed by atoms with Crippen LogP contribution in [0.1, 0.15) is 19.3 Å². The maximum atomic E-state index is 12.6. The largest absolute Gasteiger partial charge is 0.496 e. The van der Waals surface area contributed by atoms with E-state index in [2.05, 4.69) is 4.98 Å². The number of carbonyl (C=O) groups is 1. The molecule has 1 aliphatic heterocycles. The lowest BCUT2D eigenvalue weighted by Crippen LogP contribution is -2.38. The Hall–Kier alpha value is -2.37. The van der Waals surface area contributed by atoms with Gasteiger partial charge in [-0.15, -0.1) is 0 Å². The van der Waals surface area contributed by atoms with Gasteiger partial charge in [-0.25, -0.2) is 4.98 Å². The molecule has 0 saturated carbocycles. The van der Waals surface area contributed by atoms with E-state index in [9.17, 15) is 9.59 Å². The van der Waals surface area contributed by atoms with Gasteiger partial charge in [0.05, 0.1) is 19.0 Å². The van der Waals surface area contributed by atoms with Crippen LogP contribution >= 0.6 is 0 Å². The zero-order chi connectivity index (χ0) is 15.5. The molecule has 1 aliphatic rings. The summed E-state index contributed by atoms with van der Waals surface area (Å²) in [5.41, 5.74) is 0.488. The van der Waals surface area contributed by atoms with E-state index in [1.165, 1.54) is 7.11 Å². The second kappa shape index (κ2) is 6.17. The monoisotopic (exact) mass is 301 g/mol. The highest BCUT2D eigenvalue weighted by atomic mass is 16.5. The van der Waals surface area contributed by atoms with Crippen molar-refractivity contribution in [2.75, 3.05) is 20.2 Å². The molecule has 0 bridgehead atoms. The van der Waals surface area contributed by atoms with E-state index in [1.54, 1.807) is 23.0 Å². The van der Waals surface area contributed by atoms with Crippen molar-refractivity contribution in [2.45, 2.75) is 25.8 Å². The maximum Gasteiger partial charge on any atom is 0.265 e. The molecule has 1 amide bonds. The van der Waals surface area contributed by atoms with Gasteiger partial charge in [0.2, 0.25) is 5.91 Å². The van der Waals surface area contributed by atoms with Gasteiger partial charge in [-0.05, 0) is 25.0 Å². The Morgan fingerprint density at radius 2 is 2.09 bits per heavy atom. The van der Waals surface area contributed by atoms with Gasteiger partial charge in [-0.3, -0.25) is 14.2 Å². The second-order valence-corrected chi connectivity index (χ2v) is 5.44. The summed E-state index contributed by atoms with van der Waals surface area (Å²) in [6, 6.07) is 5.35. The first-order valence-electron chi connectivity index (χ1n) is 7.50. The van der Waals surface area contributed by atoms with Crippen LogP contribution in [0.3, 0.4) is 0 Å². The van der Waals surface area contributed by atoms with Crippen molar-refractivity contribution in [3.05, 3.63) is 34.9 Å². The molecule has 3 rings (SSSR count). The fourth-order valence-corrected chi connectivity index (χ4v) is 2.83. The Balaban J connectivity index is 1.87. The minimum absolute atomic E-state index is 0.132. The van der Waals surface area contributed by atoms with Crippen LogP contribution in [0.25, 0.3) is 10.9 Å². The van der Waals surface area contributed by atoms with E-state index in [1.807, 2.05) is 11.0 Å². The molecule has 1 aromatic heterocycles. The maximum absolute atomic E-state index is 12.6. The first kappa shape index (κ1) is 14.6. The molecule has 6 heteroatoms. The summed E-state index contributed by atoms with van der Waals surface area (Å²) in [7, 11) is 1.54. The molecule has 1 saturated heterocycles. The van der Waals surface area contributed by atoms with Crippen LogP contribution in [0.2, 0.25) is 0 Å². The second-order valence-electron chi connectivity index (χ2n) is 5.44. The molecule has 2 aromatic rings. The number of amides is 1. The topological polar surface area (TPSA) is 64.4 Å². The lowest BCUT2D eigenvalue weighted by molar-refractivity contribution is -0.133. The smallest absolute Gasteiger partial charge is 0.265 e. The lowest BCUT2D eigenvalue weighted by Gasteiger charge is -2.26. The molecule has 1 aromatic carbocycles. The van der Waals surface area contributed by atoms with Crippen LogP contribution in [0.5, 0.6) is 5.75 Å². The Morgan fingerprint density at radius 3 is 2.86 bits per heavy atom. The normalized spacial score (nSPS) is 15.3. The van der Waals surface area contributed by atoms with Gasteiger partial charge in [0, 0.05) is 26.1 Å². The Morgan fingerprint density at radius 1 is 1.23 bits per heavy atom. The zero-order valence-corrected chi connectivity index (χ0v) is 12.6. The van der Waals surface area contributed by atoms with Crippen LogP contribution in [0, 0.1) is 0 Å². The highest BCUT2D eigenvalue weighted by Gasteiger charge is 2.18. The summed E-state index contributed by atoms with van der Waals surface area (Å²) in [6.07, 6.45) is 4.14. The van der Waals surface area contributed by atoms with Crippen LogP contribution in [-0.2, 0) is 11.3 Å².